The smallest absolute Gasteiger partial charge is 0.101 e. The Balaban J connectivity index is 2.02. The molecule has 1 aromatic carbocycles. The second kappa shape index (κ2) is 5.65. The lowest BCUT2D eigenvalue weighted by atomic mass is 10.1. The summed E-state index contributed by atoms with van der Waals surface area (Å²) >= 11 is 1.68. The van der Waals surface area contributed by atoms with Gasteiger partial charge in [-0.25, -0.2) is 0 Å². The van der Waals surface area contributed by atoms with E-state index in [0.717, 1.165) is 16.8 Å². The number of aromatic nitrogens is 1. The summed E-state index contributed by atoms with van der Waals surface area (Å²) in [5, 5.41) is 8.95. The monoisotopic (exact) mass is 293 g/mol. The Labute approximate surface area is 128 Å². The molecule has 3 rings (SSSR count). The summed E-state index contributed by atoms with van der Waals surface area (Å²) in [7, 11) is 4.14. The van der Waals surface area contributed by atoms with Crippen LogP contribution < -0.4 is 0 Å². The fourth-order valence-corrected chi connectivity index (χ4v) is 3.36. The third-order valence-corrected chi connectivity index (χ3v) is 4.33. The highest BCUT2D eigenvalue weighted by molar-refractivity contribution is 7.22. The highest BCUT2D eigenvalue weighted by Crippen LogP contribution is 2.33. The first kappa shape index (κ1) is 13.7. The van der Waals surface area contributed by atoms with Crippen LogP contribution in [0.25, 0.3) is 20.7 Å². The molecule has 3 aromatic rings. The number of rotatable bonds is 3. The highest BCUT2D eigenvalue weighted by Gasteiger charge is 2.07. The van der Waals surface area contributed by atoms with Crippen LogP contribution in [0.3, 0.4) is 0 Å². The SMILES string of the molecule is CN(C)Cc1cccc(-c2cc3ncc(C#N)cc3s2)c1. The zero-order valence-corrected chi connectivity index (χ0v) is 12.8. The number of nitrogens with zero attached hydrogens (tertiary/aromatic N) is 3. The van der Waals surface area contributed by atoms with E-state index in [1.165, 1.54) is 16.0 Å². The molecule has 0 bridgehead atoms. The van der Waals surface area contributed by atoms with Gasteiger partial charge in [0.25, 0.3) is 0 Å². The van der Waals surface area contributed by atoms with Gasteiger partial charge in [-0.05, 0) is 43.4 Å². The number of fused-ring (bicyclic) bond motifs is 1. The molecule has 3 nitrogen and oxygen atoms in total. The van der Waals surface area contributed by atoms with Crippen LogP contribution >= 0.6 is 11.3 Å². The summed E-state index contributed by atoms with van der Waals surface area (Å²) < 4.78 is 1.06. The molecule has 0 spiro atoms. The van der Waals surface area contributed by atoms with Crippen molar-refractivity contribution in [2.24, 2.45) is 0 Å². The minimum absolute atomic E-state index is 0.609. The predicted molar refractivity (Wildman–Crippen MR) is 87.2 cm³/mol. The summed E-state index contributed by atoms with van der Waals surface area (Å²) in [5.74, 6) is 0. The largest absolute Gasteiger partial charge is 0.305 e. The first-order valence-corrected chi connectivity index (χ1v) is 7.51. The molecule has 4 heteroatoms. The summed E-state index contributed by atoms with van der Waals surface area (Å²) in [6.07, 6.45) is 1.63. The van der Waals surface area contributed by atoms with Gasteiger partial charge in [-0.15, -0.1) is 11.3 Å². The van der Waals surface area contributed by atoms with Crippen LogP contribution in [0, 0.1) is 11.3 Å². The standard InChI is InChI=1S/C17H15N3S/c1-20(2)11-12-4-3-5-14(6-12)16-8-15-17(21-16)7-13(9-18)10-19-15/h3-8,10H,11H2,1-2H3. The van der Waals surface area contributed by atoms with Crippen LogP contribution in [-0.2, 0) is 6.54 Å². The molecule has 104 valence electrons. The quantitative estimate of drug-likeness (QED) is 0.735. The van der Waals surface area contributed by atoms with E-state index in [2.05, 4.69) is 60.4 Å². The Kier molecular flexibility index (Phi) is 3.70. The average molecular weight is 293 g/mol. The molecule has 0 saturated carbocycles. The first-order chi connectivity index (χ1) is 10.2. The Morgan fingerprint density at radius 1 is 1.24 bits per heavy atom. The molecule has 21 heavy (non-hydrogen) atoms. The zero-order valence-electron chi connectivity index (χ0n) is 12.0. The molecular formula is C17H15N3S. The lowest BCUT2D eigenvalue weighted by molar-refractivity contribution is 0.402. The Morgan fingerprint density at radius 2 is 2.10 bits per heavy atom. The van der Waals surface area contributed by atoms with Crippen molar-refractivity contribution in [1.82, 2.24) is 9.88 Å². The summed E-state index contributed by atoms with van der Waals surface area (Å²) in [4.78, 5) is 7.69. The van der Waals surface area contributed by atoms with Gasteiger partial charge in [-0.2, -0.15) is 5.26 Å². The van der Waals surface area contributed by atoms with E-state index < -0.39 is 0 Å². The molecule has 0 saturated heterocycles. The third kappa shape index (κ3) is 2.94. The van der Waals surface area contributed by atoms with Crippen LogP contribution in [0.2, 0.25) is 0 Å². The molecule has 0 radical (unpaired) electrons. The Hall–Kier alpha value is -2.22. The fraction of sp³-hybridized carbons (Fsp3) is 0.176. The van der Waals surface area contributed by atoms with Crippen molar-refractivity contribution in [3.05, 3.63) is 53.7 Å². The first-order valence-electron chi connectivity index (χ1n) is 6.69. The number of benzene rings is 1. The van der Waals surface area contributed by atoms with E-state index >= 15 is 0 Å². The van der Waals surface area contributed by atoms with Crippen LogP contribution in [0.1, 0.15) is 11.1 Å². The maximum Gasteiger partial charge on any atom is 0.101 e. The molecule has 0 aliphatic rings. The van der Waals surface area contributed by atoms with E-state index in [9.17, 15) is 0 Å². The normalized spacial score (nSPS) is 11.0. The molecule has 2 heterocycles. The Bertz CT molecular complexity index is 827. The van der Waals surface area contributed by atoms with Gasteiger partial charge < -0.3 is 4.90 Å². The minimum atomic E-state index is 0.609. The number of thiophene rings is 1. The van der Waals surface area contributed by atoms with Gasteiger partial charge in [0, 0.05) is 17.6 Å². The van der Waals surface area contributed by atoms with E-state index in [0.29, 0.717) is 5.56 Å². The second-order valence-electron chi connectivity index (χ2n) is 5.27. The van der Waals surface area contributed by atoms with Gasteiger partial charge in [0.05, 0.1) is 15.8 Å². The molecule has 0 aliphatic carbocycles. The van der Waals surface area contributed by atoms with Crippen molar-refractivity contribution in [3.8, 4) is 16.5 Å². The number of hydrogen-bond acceptors (Lipinski definition) is 4. The molecule has 0 unspecified atom stereocenters. The lowest BCUT2D eigenvalue weighted by Gasteiger charge is -2.10. The summed E-state index contributed by atoms with van der Waals surface area (Å²) in [6, 6.07) is 14.7. The van der Waals surface area contributed by atoms with E-state index in [1.807, 2.05) is 6.07 Å². The highest BCUT2D eigenvalue weighted by atomic mass is 32.1. The molecule has 0 atom stereocenters. The maximum absolute atomic E-state index is 8.95. The fourth-order valence-electron chi connectivity index (χ4n) is 2.31. The van der Waals surface area contributed by atoms with Crippen molar-refractivity contribution >= 4 is 21.6 Å². The minimum Gasteiger partial charge on any atom is -0.305 e. The van der Waals surface area contributed by atoms with Gasteiger partial charge in [0.2, 0.25) is 0 Å². The van der Waals surface area contributed by atoms with Crippen LogP contribution in [-0.4, -0.2) is 24.0 Å². The van der Waals surface area contributed by atoms with Gasteiger partial charge >= 0.3 is 0 Å². The number of hydrogen-bond donors (Lipinski definition) is 0. The van der Waals surface area contributed by atoms with Gasteiger partial charge in [0.15, 0.2) is 0 Å². The van der Waals surface area contributed by atoms with Crippen molar-refractivity contribution in [2.75, 3.05) is 14.1 Å². The molecular weight excluding hydrogens is 278 g/mol. The summed E-state index contributed by atoms with van der Waals surface area (Å²) in [6.45, 7) is 0.926. The summed E-state index contributed by atoms with van der Waals surface area (Å²) in [5.41, 5.74) is 4.06. The van der Waals surface area contributed by atoms with E-state index in [4.69, 9.17) is 5.26 Å². The van der Waals surface area contributed by atoms with E-state index in [1.54, 1.807) is 17.5 Å². The van der Waals surface area contributed by atoms with Crippen LogP contribution in [0.15, 0.2) is 42.6 Å². The maximum atomic E-state index is 8.95. The van der Waals surface area contributed by atoms with Crippen molar-refractivity contribution in [3.63, 3.8) is 0 Å². The van der Waals surface area contributed by atoms with Crippen LogP contribution in [0.5, 0.6) is 0 Å². The molecule has 0 amide bonds. The second-order valence-corrected chi connectivity index (χ2v) is 6.35. The molecule has 0 N–H and O–H groups in total. The predicted octanol–water partition coefficient (Wildman–Crippen LogP) is 3.90. The third-order valence-electron chi connectivity index (χ3n) is 3.21. The van der Waals surface area contributed by atoms with Crippen molar-refractivity contribution < 1.29 is 0 Å². The lowest BCUT2D eigenvalue weighted by Crippen LogP contribution is -2.10. The Morgan fingerprint density at radius 3 is 2.86 bits per heavy atom. The van der Waals surface area contributed by atoms with Gasteiger partial charge in [-0.3, -0.25) is 4.98 Å². The van der Waals surface area contributed by atoms with E-state index in [-0.39, 0.29) is 0 Å². The van der Waals surface area contributed by atoms with Crippen molar-refractivity contribution in [1.29, 1.82) is 5.26 Å². The van der Waals surface area contributed by atoms with Crippen LogP contribution in [0.4, 0.5) is 0 Å². The molecule has 0 aliphatic heterocycles. The zero-order chi connectivity index (χ0) is 14.8. The van der Waals surface area contributed by atoms with Crippen molar-refractivity contribution in [2.45, 2.75) is 6.54 Å². The molecule has 2 aromatic heterocycles. The molecule has 0 fully saturated rings. The topological polar surface area (TPSA) is 39.9 Å². The number of pyridine rings is 1. The van der Waals surface area contributed by atoms with Gasteiger partial charge in [0.1, 0.15) is 6.07 Å². The van der Waals surface area contributed by atoms with Gasteiger partial charge in [-0.1, -0.05) is 18.2 Å². The average Bonchev–Trinajstić information content (AvgIpc) is 2.89. The number of nitriles is 1.